The van der Waals surface area contributed by atoms with Gasteiger partial charge in [-0.1, -0.05) is 35.3 Å². The number of aliphatic imine (C=N–C) groups is 1. The van der Waals surface area contributed by atoms with Gasteiger partial charge in [-0.2, -0.15) is 0 Å². The lowest BCUT2D eigenvalue weighted by molar-refractivity contribution is 0.0942. The summed E-state index contributed by atoms with van der Waals surface area (Å²) in [4.78, 5) is 17.0. The van der Waals surface area contributed by atoms with Crippen LogP contribution in [0.3, 0.4) is 0 Å². The van der Waals surface area contributed by atoms with E-state index in [9.17, 15) is 9.18 Å². The third-order valence-electron chi connectivity index (χ3n) is 3.75. The molecule has 0 spiro atoms. The summed E-state index contributed by atoms with van der Waals surface area (Å²) < 4.78 is 13.7. The molecular formula is C18H19Cl2FN4OS. The van der Waals surface area contributed by atoms with Gasteiger partial charge in [-0.25, -0.2) is 4.39 Å². The molecule has 1 heterocycles. The highest BCUT2D eigenvalue weighted by molar-refractivity contribution is 7.18. The SMILES string of the molecule is CN=C(C(Cl)=CN)c1cc(C(=O)NC(CN)Cc2cccc(F)c2)sc1Cl. The number of nitrogens with zero attached hydrogens (tertiary/aromatic N) is 1. The Morgan fingerprint density at radius 3 is 2.78 bits per heavy atom. The lowest BCUT2D eigenvalue weighted by Gasteiger charge is -2.16. The number of hydrogen-bond donors (Lipinski definition) is 3. The first kappa shape index (κ1) is 21.4. The van der Waals surface area contributed by atoms with Crippen molar-refractivity contribution in [2.75, 3.05) is 13.6 Å². The van der Waals surface area contributed by atoms with Crippen molar-refractivity contribution >= 4 is 46.2 Å². The van der Waals surface area contributed by atoms with Gasteiger partial charge in [-0.3, -0.25) is 9.79 Å². The van der Waals surface area contributed by atoms with E-state index in [-0.39, 0.29) is 29.3 Å². The quantitative estimate of drug-likeness (QED) is 0.590. The summed E-state index contributed by atoms with van der Waals surface area (Å²) in [6.45, 7) is 0.206. The van der Waals surface area contributed by atoms with Crippen molar-refractivity contribution in [3.8, 4) is 0 Å². The van der Waals surface area contributed by atoms with Crippen LogP contribution in [-0.2, 0) is 6.42 Å². The van der Waals surface area contributed by atoms with Gasteiger partial charge in [0.25, 0.3) is 5.91 Å². The van der Waals surface area contributed by atoms with Crippen LogP contribution in [0.15, 0.2) is 46.6 Å². The van der Waals surface area contributed by atoms with Crippen LogP contribution in [0.25, 0.3) is 0 Å². The minimum absolute atomic E-state index is 0.206. The van der Waals surface area contributed by atoms with Crippen molar-refractivity contribution < 1.29 is 9.18 Å². The van der Waals surface area contributed by atoms with E-state index in [0.717, 1.165) is 16.9 Å². The Labute approximate surface area is 170 Å². The highest BCUT2D eigenvalue weighted by Gasteiger charge is 2.20. The Bertz CT molecular complexity index is 882. The lowest BCUT2D eigenvalue weighted by Crippen LogP contribution is -2.41. The first-order valence-corrected chi connectivity index (χ1v) is 9.56. The average molecular weight is 429 g/mol. The van der Waals surface area contributed by atoms with Crippen LogP contribution in [0.5, 0.6) is 0 Å². The summed E-state index contributed by atoms with van der Waals surface area (Å²) >= 11 is 13.4. The molecule has 0 saturated heterocycles. The van der Waals surface area contributed by atoms with Crippen LogP contribution in [0.4, 0.5) is 4.39 Å². The number of halogens is 3. The Hall–Kier alpha value is -1.93. The summed E-state index contributed by atoms with van der Waals surface area (Å²) in [7, 11) is 1.55. The van der Waals surface area contributed by atoms with Gasteiger partial charge in [0.2, 0.25) is 0 Å². The van der Waals surface area contributed by atoms with Crippen LogP contribution in [-0.4, -0.2) is 31.3 Å². The zero-order chi connectivity index (χ0) is 20.0. The molecule has 1 unspecified atom stereocenters. The summed E-state index contributed by atoms with van der Waals surface area (Å²) in [5.41, 5.74) is 12.9. The Morgan fingerprint density at radius 2 is 2.19 bits per heavy atom. The van der Waals surface area contributed by atoms with Crippen molar-refractivity contribution in [1.29, 1.82) is 0 Å². The molecule has 1 atom stereocenters. The first-order chi connectivity index (χ1) is 12.9. The number of thiophene rings is 1. The van der Waals surface area contributed by atoms with E-state index in [2.05, 4.69) is 10.3 Å². The highest BCUT2D eigenvalue weighted by Crippen LogP contribution is 2.30. The third-order valence-corrected chi connectivity index (χ3v) is 5.42. The molecule has 0 saturated carbocycles. The van der Waals surface area contributed by atoms with E-state index >= 15 is 0 Å². The molecule has 1 aromatic carbocycles. The average Bonchev–Trinajstić information content (AvgIpc) is 3.03. The van der Waals surface area contributed by atoms with Crippen LogP contribution >= 0.6 is 34.5 Å². The standard InChI is InChI=1S/C18H19Cl2FN4OS/c1-24-16(14(19)9-23)13-7-15(27-17(13)20)18(26)25-12(8-22)6-10-3-2-4-11(21)5-10/h2-5,7,9,12H,6,8,22-23H2,1H3,(H,25,26). The van der Waals surface area contributed by atoms with Crippen molar-refractivity contribution in [2.45, 2.75) is 12.5 Å². The van der Waals surface area contributed by atoms with Gasteiger partial charge < -0.3 is 16.8 Å². The number of hydrogen-bond acceptors (Lipinski definition) is 5. The van der Waals surface area contributed by atoms with Crippen molar-refractivity contribution in [1.82, 2.24) is 5.32 Å². The number of rotatable bonds is 7. The minimum atomic E-state index is -0.351. The highest BCUT2D eigenvalue weighted by atomic mass is 35.5. The van der Waals surface area contributed by atoms with Crippen LogP contribution in [0, 0.1) is 5.82 Å². The molecule has 1 amide bonds. The van der Waals surface area contributed by atoms with E-state index in [1.807, 2.05) is 0 Å². The second-order valence-electron chi connectivity index (χ2n) is 5.62. The Balaban J connectivity index is 2.16. The lowest BCUT2D eigenvalue weighted by atomic mass is 10.1. The number of carbonyl (C=O) groups excluding carboxylic acids is 1. The summed E-state index contributed by atoms with van der Waals surface area (Å²) in [6, 6.07) is 7.43. The second kappa shape index (κ2) is 9.85. The molecule has 5 nitrogen and oxygen atoms in total. The molecule has 2 rings (SSSR count). The van der Waals surface area contributed by atoms with Gasteiger partial charge in [0, 0.05) is 31.4 Å². The number of carbonyl (C=O) groups is 1. The van der Waals surface area contributed by atoms with E-state index in [1.165, 1.54) is 18.3 Å². The number of allylic oxidation sites excluding steroid dienone is 1. The van der Waals surface area contributed by atoms with Crippen LogP contribution < -0.4 is 16.8 Å². The number of nitrogens with two attached hydrogens (primary N) is 2. The molecule has 0 aliphatic rings. The van der Waals surface area contributed by atoms with Gasteiger partial charge in [-0.15, -0.1) is 11.3 Å². The van der Waals surface area contributed by atoms with Crippen molar-refractivity contribution in [2.24, 2.45) is 16.5 Å². The fourth-order valence-electron chi connectivity index (χ4n) is 2.48. The molecule has 2 aromatic rings. The zero-order valence-corrected chi connectivity index (χ0v) is 16.8. The molecule has 144 valence electrons. The van der Waals surface area contributed by atoms with E-state index in [1.54, 1.807) is 25.2 Å². The fraction of sp³-hybridized carbons (Fsp3) is 0.222. The van der Waals surface area contributed by atoms with Gasteiger partial charge in [0.1, 0.15) is 10.2 Å². The van der Waals surface area contributed by atoms with Gasteiger partial charge in [0.15, 0.2) is 0 Å². The van der Waals surface area contributed by atoms with E-state index in [4.69, 9.17) is 34.7 Å². The molecule has 0 aliphatic carbocycles. The molecule has 0 fully saturated rings. The van der Waals surface area contributed by atoms with Crippen molar-refractivity contribution in [3.05, 3.63) is 67.7 Å². The van der Waals surface area contributed by atoms with Crippen LogP contribution in [0.2, 0.25) is 4.34 Å². The maximum Gasteiger partial charge on any atom is 0.261 e. The summed E-state index contributed by atoms with van der Waals surface area (Å²) in [6.07, 6.45) is 1.62. The third kappa shape index (κ3) is 5.52. The first-order valence-electron chi connectivity index (χ1n) is 7.99. The van der Waals surface area contributed by atoms with E-state index < -0.39 is 0 Å². The van der Waals surface area contributed by atoms with Gasteiger partial charge in [0.05, 0.1) is 15.6 Å². The summed E-state index contributed by atoms with van der Waals surface area (Å²) in [5.74, 6) is -0.663. The molecule has 27 heavy (non-hydrogen) atoms. The normalized spacial score (nSPS) is 13.5. The van der Waals surface area contributed by atoms with Crippen LogP contribution in [0.1, 0.15) is 20.8 Å². The zero-order valence-electron chi connectivity index (χ0n) is 14.5. The fourth-order valence-corrected chi connectivity index (χ4v) is 3.84. The molecule has 9 heteroatoms. The van der Waals surface area contributed by atoms with Crippen molar-refractivity contribution in [3.63, 3.8) is 0 Å². The minimum Gasteiger partial charge on any atom is -0.403 e. The molecule has 5 N–H and O–H groups in total. The topological polar surface area (TPSA) is 93.5 Å². The number of amides is 1. The largest absolute Gasteiger partial charge is 0.403 e. The monoisotopic (exact) mass is 428 g/mol. The van der Waals surface area contributed by atoms with Gasteiger partial charge >= 0.3 is 0 Å². The Kier molecular flexibility index (Phi) is 7.79. The number of nitrogens with one attached hydrogen (secondary N) is 1. The maximum atomic E-state index is 13.3. The smallest absolute Gasteiger partial charge is 0.261 e. The summed E-state index contributed by atoms with van der Waals surface area (Å²) in [5, 5.41) is 3.08. The molecule has 1 aromatic heterocycles. The van der Waals surface area contributed by atoms with E-state index in [0.29, 0.717) is 26.9 Å². The molecule has 0 radical (unpaired) electrons. The maximum absolute atomic E-state index is 13.3. The molecule has 0 aliphatic heterocycles. The predicted octanol–water partition coefficient (Wildman–Crippen LogP) is 3.30. The molecular weight excluding hydrogens is 410 g/mol. The Morgan fingerprint density at radius 1 is 1.44 bits per heavy atom. The predicted molar refractivity (Wildman–Crippen MR) is 110 cm³/mol. The second-order valence-corrected chi connectivity index (χ2v) is 7.69. The molecule has 0 bridgehead atoms. The number of benzene rings is 1. The van der Waals surface area contributed by atoms with Gasteiger partial charge in [-0.05, 0) is 30.2 Å².